The second-order valence-electron chi connectivity index (χ2n) is 5.01. The Balaban J connectivity index is 2.02. The number of aryl methyl sites for hydroxylation is 1. The van der Waals surface area contributed by atoms with Crippen LogP contribution in [0.25, 0.3) is 0 Å². The lowest BCUT2D eigenvalue weighted by atomic mass is 9.96. The van der Waals surface area contributed by atoms with E-state index in [2.05, 4.69) is 5.32 Å². The van der Waals surface area contributed by atoms with E-state index in [-0.39, 0.29) is 5.82 Å². The average molecular weight is 251 g/mol. The first kappa shape index (κ1) is 13.5. The molecule has 0 amide bonds. The molecule has 1 heterocycles. The van der Waals surface area contributed by atoms with Gasteiger partial charge < -0.3 is 10.1 Å². The van der Waals surface area contributed by atoms with Crippen LogP contribution in [0.5, 0.6) is 0 Å². The van der Waals surface area contributed by atoms with Crippen molar-refractivity contribution in [1.82, 2.24) is 5.32 Å². The third kappa shape index (κ3) is 3.79. The molecule has 0 radical (unpaired) electrons. The van der Waals surface area contributed by atoms with Crippen LogP contribution in [0.4, 0.5) is 4.39 Å². The van der Waals surface area contributed by atoms with Crippen molar-refractivity contribution in [2.24, 2.45) is 0 Å². The second-order valence-corrected chi connectivity index (χ2v) is 5.01. The minimum atomic E-state index is -0.134. The predicted molar refractivity (Wildman–Crippen MR) is 71.3 cm³/mol. The van der Waals surface area contributed by atoms with E-state index in [1.54, 1.807) is 19.2 Å². The maximum Gasteiger partial charge on any atom is 0.123 e. The Bertz CT molecular complexity index is 375. The fourth-order valence-electron chi connectivity index (χ4n) is 2.63. The fourth-order valence-corrected chi connectivity index (χ4v) is 2.63. The Labute approximate surface area is 109 Å². The molecule has 1 saturated heterocycles. The third-order valence-corrected chi connectivity index (χ3v) is 3.59. The number of benzene rings is 1. The summed E-state index contributed by atoms with van der Waals surface area (Å²) >= 11 is 0. The van der Waals surface area contributed by atoms with Gasteiger partial charge in [-0.2, -0.15) is 0 Å². The number of hydrogen-bond donors (Lipinski definition) is 1. The molecular weight excluding hydrogens is 229 g/mol. The van der Waals surface area contributed by atoms with E-state index < -0.39 is 0 Å². The smallest absolute Gasteiger partial charge is 0.123 e. The highest BCUT2D eigenvalue weighted by atomic mass is 19.1. The molecule has 0 unspecified atom stereocenters. The molecule has 2 rings (SSSR count). The Hall–Kier alpha value is -0.930. The van der Waals surface area contributed by atoms with E-state index in [0.29, 0.717) is 6.04 Å². The van der Waals surface area contributed by atoms with Gasteiger partial charge in [0.2, 0.25) is 0 Å². The number of methoxy groups -OCH3 is 1. The Kier molecular flexibility index (Phi) is 5.14. The zero-order valence-electron chi connectivity index (χ0n) is 11.0. The molecule has 100 valence electrons. The van der Waals surface area contributed by atoms with E-state index in [0.717, 1.165) is 38.0 Å². The topological polar surface area (TPSA) is 21.3 Å². The molecule has 0 aliphatic carbocycles. The molecule has 2 nitrogen and oxygen atoms in total. The van der Waals surface area contributed by atoms with E-state index in [4.69, 9.17) is 4.74 Å². The molecule has 18 heavy (non-hydrogen) atoms. The molecule has 1 atom stereocenters. The number of nitrogens with one attached hydrogen (secondary N) is 1. The number of hydrogen-bond acceptors (Lipinski definition) is 2. The van der Waals surface area contributed by atoms with Gasteiger partial charge in [-0.3, -0.25) is 0 Å². The summed E-state index contributed by atoms with van der Waals surface area (Å²) in [6.45, 7) is 1.85. The second kappa shape index (κ2) is 6.86. The predicted octanol–water partition coefficient (Wildman–Crippen LogP) is 2.70. The quantitative estimate of drug-likeness (QED) is 0.785. The molecule has 1 aromatic rings. The summed E-state index contributed by atoms with van der Waals surface area (Å²) in [5, 5.41) is 3.50. The molecule has 0 saturated carbocycles. The van der Waals surface area contributed by atoms with E-state index in [1.807, 2.05) is 6.07 Å². The number of ether oxygens (including phenoxy) is 1. The van der Waals surface area contributed by atoms with Crippen molar-refractivity contribution in [3.05, 3.63) is 35.1 Å². The van der Waals surface area contributed by atoms with Gasteiger partial charge in [0, 0.05) is 19.8 Å². The van der Waals surface area contributed by atoms with Crippen LogP contribution >= 0.6 is 0 Å². The first-order valence-corrected chi connectivity index (χ1v) is 6.79. The van der Waals surface area contributed by atoms with Crippen LogP contribution in [0.3, 0.4) is 0 Å². The largest absolute Gasteiger partial charge is 0.385 e. The van der Waals surface area contributed by atoms with Crippen molar-refractivity contribution in [1.29, 1.82) is 0 Å². The minimum absolute atomic E-state index is 0.134. The summed E-state index contributed by atoms with van der Waals surface area (Å²) in [7, 11) is 1.70. The fraction of sp³-hybridized carbons (Fsp3) is 0.600. The van der Waals surface area contributed by atoms with Gasteiger partial charge in [-0.1, -0.05) is 6.07 Å². The maximum absolute atomic E-state index is 13.3. The molecule has 0 aromatic heterocycles. The van der Waals surface area contributed by atoms with Crippen LogP contribution in [-0.2, 0) is 17.6 Å². The van der Waals surface area contributed by atoms with Crippen molar-refractivity contribution >= 4 is 0 Å². The molecular formula is C15H22FNO. The Morgan fingerprint density at radius 3 is 3.00 bits per heavy atom. The van der Waals surface area contributed by atoms with Crippen LogP contribution in [0, 0.1) is 5.82 Å². The molecule has 1 N–H and O–H groups in total. The van der Waals surface area contributed by atoms with Gasteiger partial charge in [-0.05, 0) is 61.9 Å². The first-order chi connectivity index (χ1) is 8.79. The summed E-state index contributed by atoms with van der Waals surface area (Å²) in [5.74, 6) is -0.134. The zero-order chi connectivity index (χ0) is 12.8. The highest BCUT2D eigenvalue weighted by Crippen LogP contribution is 2.18. The number of rotatable bonds is 6. The first-order valence-electron chi connectivity index (χ1n) is 6.79. The lowest BCUT2D eigenvalue weighted by Crippen LogP contribution is -2.24. The summed E-state index contributed by atoms with van der Waals surface area (Å²) < 4.78 is 18.4. The summed E-state index contributed by atoms with van der Waals surface area (Å²) in [5.41, 5.74) is 2.42. The van der Waals surface area contributed by atoms with Crippen LogP contribution < -0.4 is 5.32 Å². The van der Waals surface area contributed by atoms with Crippen molar-refractivity contribution in [3.8, 4) is 0 Å². The average Bonchev–Trinajstić information content (AvgIpc) is 2.86. The van der Waals surface area contributed by atoms with E-state index >= 15 is 0 Å². The molecule has 0 spiro atoms. The highest BCUT2D eigenvalue weighted by Gasteiger charge is 2.16. The Morgan fingerprint density at radius 2 is 2.28 bits per heavy atom. The molecule has 1 aliphatic heterocycles. The van der Waals surface area contributed by atoms with Crippen LogP contribution in [0.15, 0.2) is 18.2 Å². The van der Waals surface area contributed by atoms with Crippen molar-refractivity contribution in [2.45, 2.75) is 38.1 Å². The Morgan fingerprint density at radius 1 is 1.39 bits per heavy atom. The zero-order valence-corrected chi connectivity index (χ0v) is 11.0. The van der Waals surface area contributed by atoms with Gasteiger partial charge in [0.25, 0.3) is 0 Å². The third-order valence-electron chi connectivity index (χ3n) is 3.59. The highest BCUT2D eigenvalue weighted by molar-refractivity contribution is 5.29. The van der Waals surface area contributed by atoms with Crippen LogP contribution in [-0.4, -0.2) is 26.3 Å². The van der Waals surface area contributed by atoms with Gasteiger partial charge in [-0.15, -0.1) is 0 Å². The van der Waals surface area contributed by atoms with Crippen LogP contribution in [0.2, 0.25) is 0 Å². The normalized spacial score (nSPS) is 19.3. The SMILES string of the molecule is COCCCc1cc(F)ccc1C[C@@H]1CCCN1. The van der Waals surface area contributed by atoms with Crippen molar-refractivity contribution < 1.29 is 9.13 Å². The molecule has 0 bridgehead atoms. The van der Waals surface area contributed by atoms with Gasteiger partial charge >= 0.3 is 0 Å². The van der Waals surface area contributed by atoms with Crippen LogP contribution in [0.1, 0.15) is 30.4 Å². The van der Waals surface area contributed by atoms with Gasteiger partial charge in [0.05, 0.1) is 0 Å². The van der Waals surface area contributed by atoms with Gasteiger partial charge in [-0.25, -0.2) is 4.39 Å². The lowest BCUT2D eigenvalue weighted by Gasteiger charge is -2.14. The van der Waals surface area contributed by atoms with E-state index in [1.165, 1.54) is 18.4 Å². The summed E-state index contributed by atoms with van der Waals surface area (Å²) in [4.78, 5) is 0. The van der Waals surface area contributed by atoms with Crippen molar-refractivity contribution in [3.63, 3.8) is 0 Å². The van der Waals surface area contributed by atoms with Crippen molar-refractivity contribution in [2.75, 3.05) is 20.3 Å². The van der Waals surface area contributed by atoms with Gasteiger partial charge in [0.15, 0.2) is 0 Å². The number of halogens is 1. The standard InChI is InChI=1S/C15H22FNO/c1-18-9-3-4-12-10-14(16)7-6-13(12)11-15-5-2-8-17-15/h6-7,10,15,17H,2-5,8-9,11H2,1H3/t15-/m0/s1. The van der Waals surface area contributed by atoms with Gasteiger partial charge in [0.1, 0.15) is 5.82 Å². The minimum Gasteiger partial charge on any atom is -0.385 e. The molecule has 1 aliphatic rings. The summed E-state index contributed by atoms with van der Waals surface area (Å²) in [6, 6.07) is 5.76. The van der Waals surface area contributed by atoms with E-state index in [9.17, 15) is 4.39 Å². The molecule has 1 fully saturated rings. The summed E-state index contributed by atoms with van der Waals surface area (Å²) in [6.07, 6.45) is 5.35. The maximum atomic E-state index is 13.3. The monoisotopic (exact) mass is 251 g/mol. The lowest BCUT2D eigenvalue weighted by molar-refractivity contribution is 0.195. The molecule has 3 heteroatoms. The molecule has 1 aromatic carbocycles.